The van der Waals surface area contributed by atoms with Gasteiger partial charge in [0.15, 0.2) is 0 Å². The lowest BCUT2D eigenvalue weighted by atomic mass is 10.2. The summed E-state index contributed by atoms with van der Waals surface area (Å²) in [7, 11) is 1.60. The minimum atomic E-state index is 0.437. The van der Waals surface area contributed by atoms with E-state index in [1.54, 1.807) is 7.11 Å². The average Bonchev–Trinajstić information content (AvgIpc) is 2.29. The van der Waals surface area contributed by atoms with Crippen LogP contribution in [0.15, 0.2) is 18.2 Å². The molecule has 0 aliphatic heterocycles. The van der Waals surface area contributed by atoms with Crippen molar-refractivity contribution in [2.45, 2.75) is 6.42 Å². The lowest BCUT2D eigenvalue weighted by molar-refractivity contribution is 0.418. The Morgan fingerprint density at radius 3 is 2.88 bits per heavy atom. The summed E-state index contributed by atoms with van der Waals surface area (Å²) in [5, 5.41) is 1.23. The van der Waals surface area contributed by atoms with E-state index in [1.807, 2.05) is 18.2 Å². The van der Waals surface area contributed by atoms with Gasteiger partial charge in [-0.3, -0.25) is 0 Å². The van der Waals surface area contributed by atoms with Gasteiger partial charge in [0, 0.05) is 11.8 Å². The summed E-state index contributed by atoms with van der Waals surface area (Å²) < 4.78 is 5.24. The Hall–Kier alpha value is -1.39. The van der Waals surface area contributed by atoms with Crippen LogP contribution in [0, 0.1) is 0 Å². The van der Waals surface area contributed by atoms with E-state index in [1.165, 1.54) is 0 Å². The normalized spacial score (nSPS) is 10.7. The lowest BCUT2D eigenvalue weighted by Gasteiger charge is -2.07. The van der Waals surface area contributed by atoms with Crippen molar-refractivity contribution in [1.29, 1.82) is 0 Å². The Morgan fingerprint density at radius 2 is 2.19 bits per heavy atom. The van der Waals surface area contributed by atoms with Crippen molar-refractivity contribution in [2.24, 2.45) is 5.73 Å². The first-order valence-corrected chi connectivity index (χ1v) is 5.33. The Morgan fingerprint density at radius 1 is 1.38 bits per heavy atom. The molecule has 2 N–H and O–H groups in total. The number of benzene rings is 1. The van der Waals surface area contributed by atoms with Gasteiger partial charge in [-0.2, -0.15) is 0 Å². The zero-order valence-corrected chi connectivity index (χ0v) is 9.66. The first-order chi connectivity index (χ1) is 7.76. The summed E-state index contributed by atoms with van der Waals surface area (Å²) in [6, 6.07) is 5.57. The number of fused-ring (bicyclic) bond motifs is 1. The summed E-state index contributed by atoms with van der Waals surface area (Å²) >= 11 is 6.08. The van der Waals surface area contributed by atoms with Crippen LogP contribution in [0.3, 0.4) is 0 Å². The Bertz CT molecular complexity index is 516. The van der Waals surface area contributed by atoms with Gasteiger partial charge in [-0.1, -0.05) is 17.7 Å². The molecule has 0 aliphatic rings. The number of halogens is 1. The molecule has 16 heavy (non-hydrogen) atoms. The molecule has 1 heterocycles. The topological polar surface area (TPSA) is 61.0 Å². The number of aromatic nitrogens is 2. The molecule has 0 atom stereocenters. The van der Waals surface area contributed by atoms with E-state index in [0.717, 1.165) is 10.9 Å². The lowest BCUT2D eigenvalue weighted by Crippen LogP contribution is -2.07. The second-order valence-electron chi connectivity index (χ2n) is 3.33. The number of hydrogen-bond donors (Lipinski definition) is 1. The number of nitrogens with two attached hydrogens (primary N) is 1. The monoisotopic (exact) mass is 237 g/mol. The van der Waals surface area contributed by atoms with Gasteiger partial charge in [-0.05, 0) is 18.7 Å². The van der Waals surface area contributed by atoms with Crippen LogP contribution in [0.2, 0.25) is 5.15 Å². The molecular weight excluding hydrogens is 226 g/mol. The molecule has 1 aromatic carbocycles. The highest BCUT2D eigenvalue weighted by molar-refractivity contribution is 6.34. The van der Waals surface area contributed by atoms with Crippen molar-refractivity contribution in [3.63, 3.8) is 0 Å². The standard InChI is InChI=1S/C11H12ClN3O/c1-16-8-4-2-3-7-10(8)14-9(5-6-13)15-11(7)12/h2-4H,5-6,13H2,1H3. The summed E-state index contributed by atoms with van der Waals surface area (Å²) in [4.78, 5) is 8.58. The van der Waals surface area contributed by atoms with Crippen molar-refractivity contribution in [3.8, 4) is 5.75 Å². The van der Waals surface area contributed by atoms with Crippen LogP contribution >= 0.6 is 11.6 Å². The maximum Gasteiger partial charge on any atom is 0.145 e. The number of ether oxygens (including phenoxy) is 1. The van der Waals surface area contributed by atoms with Crippen molar-refractivity contribution in [2.75, 3.05) is 13.7 Å². The van der Waals surface area contributed by atoms with Crippen LogP contribution in [0.5, 0.6) is 5.75 Å². The van der Waals surface area contributed by atoms with E-state index in [4.69, 9.17) is 22.1 Å². The first-order valence-electron chi connectivity index (χ1n) is 4.95. The van der Waals surface area contributed by atoms with Crippen LogP contribution < -0.4 is 10.5 Å². The molecule has 0 aliphatic carbocycles. The van der Waals surface area contributed by atoms with Crippen LogP contribution in [0.1, 0.15) is 5.82 Å². The number of para-hydroxylation sites is 1. The predicted molar refractivity (Wildman–Crippen MR) is 63.9 cm³/mol. The summed E-state index contributed by atoms with van der Waals surface area (Å²) in [6.45, 7) is 0.497. The van der Waals surface area contributed by atoms with Gasteiger partial charge in [0.05, 0.1) is 7.11 Å². The second kappa shape index (κ2) is 4.63. The predicted octanol–water partition coefficient (Wildman–Crippen LogP) is 1.79. The number of rotatable bonds is 3. The van der Waals surface area contributed by atoms with Crippen molar-refractivity contribution in [1.82, 2.24) is 9.97 Å². The van der Waals surface area contributed by atoms with Gasteiger partial charge in [0.1, 0.15) is 22.2 Å². The molecule has 0 unspecified atom stereocenters. The third-order valence-electron chi connectivity index (χ3n) is 2.28. The molecule has 0 saturated carbocycles. The largest absolute Gasteiger partial charge is 0.494 e. The van der Waals surface area contributed by atoms with Crippen LogP contribution in [0.25, 0.3) is 10.9 Å². The summed E-state index contributed by atoms with van der Waals surface area (Å²) in [5.41, 5.74) is 6.20. The minimum absolute atomic E-state index is 0.437. The zero-order chi connectivity index (χ0) is 11.5. The highest BCUT2D eigenvalue weighted by Gasteiger charge is 2.09. The fourth-order valence-corrected chi connectivity index (χ4v) is 1.79. The number of hydrogen-bond acceptors (Lipinski definition) is 4. The maximum absolute atomic E-state index is 6.08. The summed E-state index contributed by atoms with van der Waals surface area (Å²) in [5.74, 6) is 1.34. The van der Waals surface area contributed by atoms with Gasteiger partial charge in [0.25, 0.3) is 0 Å². The minimum Gasteiger partial charge on any atom is -0.494 e. The average molecular weight is 238 g/mol. The Labute approximate surface area is 98.4 Å². The molecule has 0 fully saturated rings. The second-order valence-corrected chi connectivity index (χ2v) is 3.68. The first kappa shape index (κ1) is 11.1. The van der Waals surface area contributed by atoms with E-state index in [-0.39, 0.29) is 0 Å². The maximum atomic E-state index is 6.08. The SMILES string of the molecule is COc1cccc2c(Cl)nc(CCN)nc12. The molecule has 0 radical (unpaired) electrons. The third-order valence-corrected chi connectivity index (χ3v) is 2.57. The molecule has 84 valence electrons. The molecule has 4 nitrogen and oxygen atoms in total. The van der Waals surface area contributed by atoms with Crippen LogP contribution in [-0.4, -0.2) is 23.6 Å². The van der Waals surface area contributed by atoms with Crippen LogP contribution in [-0.2, 0) is 6.42 Å². The fraction of sp³-hybridized carbons (Fsp3) is 0.273. The van der Waals surface area contributed by atoms with Crippen molar-refractivity contribution < 1.29 is 4.74 Å². The van der Waals surface area contributed by atoms with Gasteiger partial charge >= 0.3 is 0 Å². The smallest absolute Gasteiger partial charge is 0.145 e. The number of nitrogens with zero attached hydrogens (tertiary/aromatic N) is 2. The number of methoxy groups -OCH3 is 1. The quantitative estimate of drug-likeness (QED) is 0.827. The highest BCUT2D eigenvalue weighted by atomic mass is 35.5. The van der Waals surface area contributed by atoms with E-state index in [0.29, 0.717) is 29.7 Å². The molecule has 0 saturated heterocycles. The van der Waals surface area contributed by atoms with Crippen LogP contribution in [0.4, 0.5) is 0 Å². The fourth-order valence-electron chi connectivity index (χ4n) is 1.54. The van der Waals surface area contributed by atoms with E-state index in [9.17, 15) is 0 Å². The van der Waals surface area contributed by atoms with Gasteiger partial charge < -0.3 is 10.5 Å². The molecule has 0 bridgehead atoms. The van der Waals surface area contributed by atoms with E-state index in [2.05, 4.69) is 9.97 Å². The van der Waals surface area contributed by atoms with Gasteiger partial charge in [-0.25, -0.2) is 9.97 Å². The van der Waals surface area contributed by atoms with E-state index < -0.39 is 0 Å². The van der Waals surface area contributed by atoms with Gasteiger partial charge in [0.2, 0.25) is 0 Å². The molecule has 2 rings (SSSR count). The Balaban J connectivity index is 2.67. The third kappa shape index (κ3) is 1.94. The zero-order valence-electron chi connectivity index (χ0n) is 8.90. The highest BCUT2D eigenvalue weighted by Crippen LogP contribution is 2.27. The van der Waals surface area contributed by atoms with Gasteiger partial charge in [-0.15, -0.1) is 0 Å². The Kier molecular flexibility index (Phi) is 3.22. The molecule has 5 heteroatoms. The molecule has 0 spiro atoms. The molecule has 2 aromatic rings. The molecule has 0 amide bonds. The molecule has 1 aromatic heterocycles. The summed E-state index contributed by atoms with van der Waals surface area (Å²) in [6.07, 6.45) is 0.605. The molecular formula is C11H12ClN3O. The van der Waals surface area contributed by atoms with Crippen molar-refractivity contribution in [3.05, 3.63) is 29.2 Å². The van der Waals surface area contributed by atoms with E-state index >= 15 is 0 Å². The van der Waals surface area contributed by atoms with Crippen molar-refractivity contribution >= 4 is 22.5 Å².